The predicted molar refractivity (Wildman–Crippen MR) is 90.6 cm³/mol. The van der Waals surface area contributed by atoms with Crippen LogP contribution in [0, 0.1) is 13.8 Å². The van der Waals surface area contributed by atoms with Crippen LogP contribution in [-0.4, -0.2) is 31.7 Å². The first-order valence-electron chi connectivity index (χ1n) is 7.87. The number of nitrogens with zero attached hydrogens (tertiary/aromatic N) is 1. The average molecular weight is 348 g/mol. The van der Waals surface area contributed by atoms with Gasteiger partial charge in [-0.05, 0) is 49.9 Å². The van der Waals surface area contributed by atoms with Gasteiger partial charge in [-0.3, -0.25) is 4.79 Å². The molecule has 1 N–H and O–H groups in total. The summed E-state index contributed by atoms with van der Waals surface area (Å²) in [5, 5.41) is 2.60. The van der Waals surface area contributed by atoms with Gasteiger partial charge in [0.2, 0.25) is 5.09 Å². The molecule has 0 aliphatic carbocycles. The Hall–Kier alpha value is -2.12. The molecule has 1 amide bonds. The predicted octanol–water partition coefficient (Wildman–Crippen LogP) is 2.93. The monoisotopic (exact) mass is 348 g/mol. The van der Waals surface area contributed by atoms with Gasteiger partial charge in [-0.15, -0.1) is 0 Å². The Balaban J connectivity index is 1.81. The fraction of sp³-hybridized carbons (Fsp3) is 0.353. The van der Waals surface area contributed by atoms with Crippen molar-refractivity contribution in [3.05, 3.63) is 47.2 Å². The summed E-state index contributed by atoms with van der Waals surface area (Å²) in [5.74, 6) is -0.481. The maximum absolute atomic E-state index is 12.4. The van der Waals surface area contributed by atoms with Crippen molar-refractivity contribution in [2.75, 3.05) is 18.4 Å². The van der Waals surface area contributed by atoms with Crippen LogP contribution in [0.1, 0.15) is 34.5 Å². The topological polar surface area (TPSA) is 79.6 Å². The molecule has 2 aromatic rings. The molecule has 3 rings (SSSR count). The summed E-state index contributed by atoms with van der Waals surface area (Å²) < 4.78 is 31.6. The average Bonchev–Trinajstić information content (AvgIpc) is 3.22. The van der Waals surface area contributed by atoms with E-state index in [0.717, 1.165) is 24.0 Å². The minimum absolute atomic E-state index is 0.0181. The second-order valence-electron chi connectivity index (χ2n) is 5.95. The molecule has 128 valence electrons. The number of anilines is 1. The minimum Gasteiger partial charge on any atom is -0.438 e. The van der Waals surface area contributed by atoms with Crippen molar-refractivity contribution in [2.45, 2.75) is 31.8 Å². The Morgan fingerprint density at radius 1 is 1.08 bits per heavy atom. The van der Waals surface area contributed by atoms with Crippen molar-refractivity contribution in [1.82, 2.24) is 4.31 Å². The molecule has 1 aliphatic heterocycles. The number of benzene rings is 1. The molecule has 7 heteroatoms. The van der Waals surface area contributed by atoms with Gasteiger partial charge in [0, 0.05) is 18.8 Å². The molecule has 1 fully saturated rings. The van der Waals surface area contributed by atoms with E-state index in [2.05, 4.69) is 5.32 Å². The first kappa shape index (κ1) is 16.7. The standard InChI is InChI=1S/C17H20N2O4S/c1-12-6-5-7-13(2)16(12)18-17(20)14-8-9-15(23-14)24(21,22)19-10-3-4-11-19/h5-9H,3-4,10-11H2,1-2H3,(H,18,20). The molecule has 24 heavy (non-hydrogen) atoms. The molecule has 1 aromatic carbocycles. The summed E-state index contributed by atoms with van der Waals surface area (Å²) in [6.07, 6.45) is 1.69. The van der Waals surface area contributed by atoms with Gasteiger partial charge < -0.3 is 9.73 Å². The third kappa shape index (κ3) is 3.09. The van der Waals surface area contributed by atoms with Gasteiger partial charge in [0.1, 0.15) is 0 Å². The normalized spacial score (nSPS) is 15.6. The number of nitrogens with one attached hydrogen (secondary N) is 1. The van der Waals surface area contributed by atoms with E-state index in [4.69, 9.17) is 4.42 Å². The third-order valence-electron chi connectivity index (χ3n) is 4.18. The van der Waals surface area contributed by atoms with Gasteiger partial charge in [0.05, 0.1) is 0 Å². The van der Waals surface area contributed by atoms with Gasteiger partial charge in [0.25, 0.3) is 15.9 Å². The minimum atomic E-state index is -3.65. The number of hydrogen-bond donors (Lipinski definition) is 1. The van der Waals surface area contributed by atoms with Crippen molar-refractivity contribution >= 4 is 21.6 Å². The van der Waals surface area contributed by atoms with Gasteiger partial charge in [0.15, 0.2) is 5.76 Å². The first-order valence-corrected chi connectivity index (χ1v) is 9.31. The highest BCUT2D eigenvalue weighted by Crippen LogP contribution is 2.24. The number of furan rings is 1. The van der Waals surface area contributed by atoms with Crippen LogP contribution in [0.2, 0.25) is 0 Å². The third-order valence-corrected chi connectivity index (χ3v) is 5.96. The molecule has 1 aromatic heterocycles. The lowest BCUT2D eigenvalue weighted by Crippen LogP contribution is -2.27. The molecule has 0 spiro atoms. The zero-order valence-electron chi connectivity index (χ0n) is 13.7. The number of para-hydroxylation sites is 1. The number of hydrogen-bond acceptors (Lipinski definition) is 4. The number of carbonyl (C=O) groups excluding carboxylic acids is 1. The highest BCUT2D eigenvalue weighted by Gasteiger charge is 2.30. The SMILES string of the molecule is Cc1cccc(C)c1NC(=O)c1ccc(S(=O)(=O)N2CCCC2)o1. The van der Waals surface area contributed by atoms with E-state index in [-0.39, 0.29) is 10.9 Å². The molecular weight excluding hydrogens is 328 g/mol. The molecule has 1 saturated heterocycles. The van der Waals surface area contributed by atoms with Crippen LogP contribution < -0.4 is 5.32 Å². The summed E-state index contributed by atoms with van der Waals surface area (Å²) in [5.41, 5.74) is 2.57. The van der Waals surface area contributed by atoms with Crippen molar-refractivity contribution in [3.63, 3.8) is 0 Å². The van der Waals surface area contributed by atoms with Crippen molar-refractivity contribution < 1.29 is 17.6 Å². The van der Waals surface area contributed by atoms with Crippen molar-refractivity contribution in [1.29, 1.82) is 0 Å². The zero-order chi connectivity index (χ0) is 17.3. The maximum Gasteiger partial charge on any atom is 0.291 e. The summed E-state index contributed by atoms with van der Waals surface area (Å²) >= 11 is 0. The van der Waals surface area contributed by atoms with E-state index in [1.165, 1.54) is 16.4 Å². The lowest BCUT2D eigenvalue weighted by molar-refractivity contribution is 0.0991. The second kappa shape index (κ2) is 6.41. The van der Waals surface area contributed by atoms with Crippen LogP contribution in [-0.2, 0) is 10.0 Å². The van der Waals surface area contributed by atoms with Crippen LogP contribution in [0.3, 0.4) is 0 Å². The molecule has 6 nitrogen and oxygen atoms in total. The summed E-state index contributed by atoms with van der Waals surface area (Å²) in [6.45, 7) is 4.78. The van der Waals surface area contributed by atoms with Gasteiger partial charge in [-0.1, -0.05) is 18.2 Å². The van der Waals surface area contributed by atoms with Crippen LogP contribution in [0.25, 0.3) is 0 Å². The highest BCUT2D eigenvalue weighted by molar-refractivity contribution is 7.89. The summed E-state index contributed by atoms with van der Waals surface area (Å²) in [4.78, 5) is 12.4. The summed E-state index contributed by atoms with van der Waals surface area (Å²) in [6, 6.07) is 8.44. The van der Waals surface area contributed by atoms with E-state index < -0.39 is 15.9 Å². The molecule has 0 bridgehead atoms. The lowest BCUT2D eigenvalue weighted by atomic mass is 10.1. The van der Waals surface area contributed by atoms with E-state index >= 15 is 0 Å². The fourth-order valence-electron chi connectivity index (χ4n) is 2.82. The second-order valence-corrected chi connectivity index (χ2v) is 7.82. The number of aryl methyl sites for hydroxylation is 2. The van der Waals surface area contributed by atoms with Crippen LogP contribution >= 0.6 is 0 Å². The molecule has 0 unspecified atom stereocenters. The fourth-order valence-corrected chi connectivity index (χ4v) is 4.25. The maximum atomic E-state index is 12.4. The molecule has 2 heterocycles. The van der Waals surface area contributed by atoms with E-state index in [1.54, 1.807) is 0 Å². The van der Waals surface area contributed by atoms with Gasteiger partial charge in [-0.25, -0.2) is 8.42 Å². The lowest BCUT2D eigenvalue weighted by Gasteiger charge is -2.13. The van der Waals surface area contributed by atoms with E-state index in [0.29, 0.717) is 18.8 Å². The van der Waals surface area contributed by atoms with Crippen molar-refractivity contribution in [3.8, 4) is 0 Å². The van der Waals surface area contributed by atoms with Crippen LogP contribution in [0.15, 0.2) is 39.8 Å². The number of sulfonamides is 1. The molecule has 1 aliphatic rings. The first-order chi connectivity index (χ1) is 11.4. The van der Waals surface area contributed by atoms with Gasteiger partial charge in [-0.2, -0.15) is 4.31 Å². The highest BCUT2D eigenvalue weighted by atomic mass is 32.2. The Morgan fingerprint density at radius 2 is 1.71 bits per heavy atom. The smallest absolute Gasteiger partial charge is 0.291 e. The molecular formula is C17H20N2O4S. The number of rotatable bonds is 4. The Kier molecular flexibility index (Phi) is 4.47. The number of carbonyl (C=O) groups is 1. The largest absolute Gasteiger partial charge is 0.438 e. The Bertz CT molecular complexity index is 844. The van der Waals surface area contributed by atoms with Crippen LogP contribution in [0.4, 0.5) is 5.69 Å². The molecule has 0 saturated carbocycles. The number of amides is 1. The Morgan fingerprint density at radius 3 is 2.33 bits per heavy atom. The van der Waals surface area contributed by atoms with Crippen LogP contribution in [0.5, 0.6) is 0 Å². The van der Waals surface area contributed by atoms with E-state index in [1.807, 2.05) is 32.0 Å². The quantitative estimate of drug-likeness (QED) is 0.921. The van der Waals surface area contributed by atoms with E-state index in [9.17, 15) is 13.2 Å². The summed E-state index contributed by atoms with van der Waals surface area (Å²) in [7, 11) is -3.65. The molecule has 0 radical (unpaired) electrons. The molecule has 0 atom stereocenters. The Labute approximate surface area is 141 Å². The zero-order valence-corrected chi connectivity index (χ0v) is 14.5. The van der Waals surface area contributed by atoms with Gasteiger partial charge >= 0.3 is 0 Å². The van der Waals surface area contributed by atoms with Crippen molar-refractivity contribution in [2.24, 2.45) is 0 Å².